The number of nitrogens with zero attached hydrogens (tertiary/aromatic N) is 1. The van der Waals surface area contributed by atoms with Crippen LogP contribution < -0.4 is 10.2 Å². The Morgan fingerprint density at radius 2 is 2.06 bits per heavy atom. The van der Waals surface area contributed by atoms with Crippen molar-refractivity contribution < 1.29 is 13.2 Å². The van der Waals surface area contributed by atoms with Crippen LogP contribution in [0, 0.1) is 0 Å². The highest BCUT2D eigenvalue weighted by Crippen LogP contribution is 2.33. The molecule has 1 N–H and O–H groups in total. The monoisotopic (exact) mass is 266 g/mol. The minimum atomic E-state index is -2.94. The van der Waals surface area contributed by atoms with E-state index in [9.17, 15) is 13.2 Å². The van der Waals surface area contributed by atoms with Gasteiger partial charge in [-0.3, -0.25) is 4.79 Å². The Labute approximate surface area is 106 Å². The normalized spacial score (nSPS) is 25.7. The maximum absolute atomic E-state index is 11.7. The smallest absolute Gasteiger partial charge is 0.243 e. The first-order valence-electron chi connectivity index (χ1n) is 5.91. The summed E-state index contributed by atoms with van der Waals surface area (Å²) in [5, 5.41) is 2.80. The van der Waals surface area contributed by atoms with Crippen molar-refractivity contribution in [1.82, 2.24) is 0 Å². The number of fused-ring (bicyclic) bond motifs is 1. The summed E-state index contributed by atoms with van der Waals surface area (Å²) in [6.07, 6.45) is 0.601. The molecule has 2 heterocycles. The first-order valence-corrected chi connectivity index (χ1v) is 7.73. The topological polar surface area (TPSA) is 66.5 Å². The van der Waals surface area contributed by atoms with E-state index in [0.29, 0.717) is 6.42 Å². The van der Waals surface area contributed by atoms with Crippen molar-refractivity contribution in [3.8, 4) is 0 Å². The van der Waals surface area contributed by atoms with Gasteiger partial charge < -0.3 is 10.2 Å². The van der Waals surface area contributed by atoms with Crippen molar-refractivity contribution in [2.75, 3.05) is 28.3 Å². The largest absolute Gasteiger partial charge is 0.356 e. The Bertz CT molecular complexity index is 597. The Balaban J connectivity index is 1.96. The van der Waals surface area contributed by atoms with Crippen LogP contribution in [-0.2, 0) is 14.6 Å². The van der Waals surface area contributed by atoms with Crippen LogP contribution in [0.4, 0.5) is 11.4 Å². The third-order valence-electron chi connectivity index (χ3n) is 3.45. The fourth-order valence-electron chi connectivity index (χ4n) is 2.61. The predicted octanol–water partition coefficient (Wildman–Crippen LogP) is 0.632. The van der Waals surface area contributed by atoms with Gasteiger partial charge in [0, 0.05) is 6.04 Å². The van der Waals surface area contributed by atoms with Gasteiger partial charge in [0.1, 0.15) is 0 Å². The average Bonchev–Trinajstić information content (AvgIpc) is 2.68. The van der Waals surface area contributed by atoms with Crippen LogP contribution >= 0.6 is 0 Å². The number of rotatable bonds is 1. The predicted molar refractivity (Wildman–Crippen MR) is 69.5 cm³/mol. The van der Waals surface area contributed by atoms with E-state index < -0.39 is 9.84 Å². The molecule has 0 aromatic heterocycles. The van der Waals surface area contributed by atoms with Crippen molar-refractivity contribution in [1.29, 1.82) is 0 Å². The Hall–Kier alpha value is -1.56. The summed E-state index contributed by atoms with van der Waals surface area (Å²) in [6, 6.07) is 7.42. The lowest BCUT2D eigenvalue weighted by atomic mass is 10.1. The zero-order valence-corrected chi connectivity index (χ0v) is 10.6. The number of carbonyl (C=O) groups is 1. The quantitative estimate of drug-likeness (QED) is 0.809. The van der Waals surface area contributed by atoms with Crippen LogP contribution in [0.15, 0.2) is 24.3 Å². The zero-order chi connectivity index (χ0) is 12.8. The molecule has 5 nitrogen and oxygen atoms in total. The number of nitrogens with one attached hydrogen (secondary N) is 1. The third-order valence-corrected chi connectivity index (χ3v) is 5.20. The maximum Gasteiger partial charge on any atom is 0.243 e. The second kappa shape index (κ2) is 3.98. The Morgan fingerprint density at radius 1 is 1.28 bits per heavy atom. The highest BCUT2D eigenvalue weighted by Gasteiger charge is 2.35. The van der Waals surface area contributed by atoms with E-state index in [2.05, 4.69) is 5.32 Å². The first kappa shape index (κ1) is 11.5. The number of anilines is 2. The van der Waals surface area contributed by atoms with Gasteiger partial charge in [0.25, 0.3) is 0 Å². The molecule has 6 heteroatoms. The molecule has 0 spiro atoms. The number of hydrogen-bond acceptors (Lipinski definition) is 4. The van der Waals surface area contributed by atoms with Crippen molar-refractivity contribution in [2.45, 2.75) is 12.5 Å². The number of benzene rings is 1. The van der Waals surface area contributed by atoms with Gasteiger partial charge in [0.15, 0.2) is 9.84 Å². The molecule has 0 bridgehead atoms. The maximum atomic E-state index is 11.7. The fourth-order valence-corrected chi connectivity index (χ4v) is 4.34. The van der Waals surface area contributed by atoms with E-state index in [4.69, 9.17) is 0 Å². The molecule has 3 rings (SSSR count). The molecule has 1 fully saturated rings. The summed E-state index contributed by atoms with van der Waals surface area (Å²) in [6.45, 7) is 0.233. The number of carbonyl (C=O) groups excluding carboxylic acids is 1. The first-order chi connectivity index (χ1) is 8.55. The fraction of sp³-hybridized carbons (Fsp3) is 0.417. The lowest BCUT2D eigenvalue weighted by molar-refractivity contribution is -0.115. The molecule has 18 heavy (non-hydrogen) atoms. The molecule has 2 aliphatic rings. The van der Waals surface area contributed by atoms with E-state index in [1.807, 2.05) is 29.2 Å². The van der Waals surface area contributed by atoms with Gasteiger partial charge in [-0.25, -0.2) is 8.42 Å². The van der Waals surface area contributed by atoms with Gasteiger partial charge in [0.05, 0.1) is 29.4 Å². The lowest BCUT2D eigenvalue weighted by Gasteiger charge is -2.34. The van der Waals surface area contributed by atoms with Crippen LogP contribution in [0.2, 0.25) is 0 Å². The number of amides is 1. The number of hydrogen-bond donors (Lipinski definition) is 1. The summed E-state index contributed by atoms with van der Waals surface area (Å²) in [7, 11) is -2.94. The standard InChI is InChI=1S/C12H14N2O3S/c15-12-7-14(9-5-6-18(16,17)8-9)11-4-2-1-3-10(11)13-12/h1-4,9H,5-8H2,(H,13,15). The summed E-state index contributed by atoms with van der Waals surface area (Å²) < 4.78 is 23.1. The van der Waals surface area contributed by atoms with Gasteiger partial charge in [-0.1, -0.05) is 12.1 Å². The van der Waals surface area contributed by atoms with E-state index in [1.54, 1.807) is 0 Å². The van der Waals surface area contributed by atoms with Gasteiger partial charge in [-0.15, -0.1) is 0 Å². The lowest BCUT2D eigenvalue weighted by Crippen LogP contribution is -2.45. The van der Waals surface area contributed by atoms with Crippen molar-refractivity contribution in [3.05, 3.63) is 24.3 Å². The molecule has 2 aliphatic heterocycles. The second-order valence-electron chi connectivity index (χ2n) is 4.75. The molecule has 1 unspecified atom stereocenters. The highest BCUT2D eigenvalue weighted by atomic mass is 32.2. The van der Waals surface area contributed by atoms with Crippen molar-refractivity contribution in [2.24, 2.45) is 0 Å². The molecular formula is C12H14N2O3S. The molecule has 1 aromatic rings. The van der Waals surface area contributed by atoms with Crippen LogP contribution in [0.25, 0.3) is 0 Å². The van der Waals surface area contributed by atoms with E-state index in [0.717, 1.165) is 11.4 Å². The molecule has 0 aliphatic carbocycles. The SMILES string of the molecule is O=C1CN(C2CCS(=O)(=O)C2)c2ccccc2N1. The molecule has 1 atom stereocenters. The molecular weight excluding hydrogens is 252 g/mol. The van der Waals surface area contributed by atoms with Crippen LogP contribution in [-0.4, -0.2) is 38.4 Å². The minimum Gasteiger partial charge on any atom is -0.356 e. The summed E-state index contributed by atoms with van der Waals surface area (Å²) in [5.41, 5.74) is 1.68. The minimum absolute atomic E-state index is 0.0813. The molecule has 1 amide bonds. The zero-order valence-electron chi connectivity index (χ0n) is 9.80. The molecule has 0 radical (unpaired) electrons. The second-order valence-corrected chi connectivity index (χ2v) is 6.98. The van der Waals surface area contributed by atoms with Gasteiger partial charge in [-0.05, 0) is 18.6 Å². The molecule has 1 saturated heterocycles. The van der Waals surface area contributed by atoms with Gasteiger partial charge in [-0.2, -0.15) is 0 Å². The van der Waals surface area contributed by atoms with Crippen molar-refractivity contribution >= 4 is 27.1 Å². The van der Waals surface area contributed by atoms with Gasteiger partial charge in [0.2, 0.25) is 5.91 Å². The summed E-state index contributed by atoms with van der Waals surface area (Å²) in [4.78, 5) is 13.6. The van der Waals surface area contributed by atoms with E-state index >= 15 is 0 Å². The molecule has 96 valence electrons. The van der Waals surface area contributed by atoms with Crippen molar-refractivity contribution in [3.63, 3.8) is 0 Å². The van der Waals surface area contributed by atoms with Crippen LogP contribution in [0.1, 0.15) is 6.42 Å². The van der Waals surface area contributed by atoms with Gasteiger partial charge >= 0.3 is 0 Å². The van der Waals surface area contributed by atoms with Crippen LogP contribution in [0.3, 0.4) is 0 Å². The number of sulfone groups is 1. The third kappa shape index (κ3) is 1.96. The molecule has 0 saturated carbocycles. The summed E-state index contributed by atoms with van der Waals surface area (Å²) >= 11 is 0. The van der Waals surface area contributed by atoms with E-state index in [-0.39, 0.29) is 30.0 Å². The van der Waals surface area contributed by atoms with E-state index in [1.165, 1.54) is 0 Å². The average molecular weight is 266 g/mol. The number of para-hydroxylation sites is 2. The highest BCUT2D eigenvalue weighted by molar-refractivity contribution is 7.91. The summed E-state index contributed by atoms with van der Waals surface area (Å²) in [5.74, 6) is 0.282. The Kier molecular flexibility index (Phi) is 2.55. The molecule has 1 aromatic carbocycles. The van der Waals surface area contributed by atoms with Crippen LogP contribution in [0.5, 0.6) is 0 Å². The Morgan fingerprint density at radius 3 is 2.78 bits per heavy atom.